The van der Waals surface area contributed by atoms with Gasteiger partial charge < -0.3 is 4.74 Å². The molecule has 0 atom stereocenters. The van der Waals surface area contributed by atoms with Crippen molar-refractivity contribution in [3.63, 3.8) is 0 Å². The molecule has 1 heterocycles. The van der Waals surface area contributed by atoms with Crippen molar-refractivity contribution >= 4 is 5.91 Å². The predicted molar refractivity (Wildman–Crippen MR) is 74.1 cm³/mol. The molecule has 0 bridgehead atoms. The minimum atomic E-state index is -0.0948. The fourth-order valence-corrected chi connectivity index (χ4v) is 2.21. The lowest BCUT2D eigenvalue weighted by Crippen LogP contribution is -2.35. The van der Waals surface area contributed by atoms with Crippen LogP contribution in [0.2, 0.25) is 0 Å². The first-order chi connectivity index (χ1) is 9.78. The first-order valence-electron chi connectivity index (χ1n) is 6.43. The van der Waals surface area contributed by atoms with Gasteiger partial charge in [-0.2, -0.15) is 0 Å². The lowest BCUT2D eigenvalue weighted by atomic mass is 10.1. The third kappa shape index (κ3) is 2.38. The van der Waals surface area contributed by atoms with Gasteiger partial charge in [0.2, 0.25) is 0 Å². The maximum Gasteiger partial charge on any atom is 0.278 e. The number of fused-ring (bicyclic) bond motifs is 1. The molecule has 1 aliphatic heterocycles. The highest BCUT2D eigenvalue weighted by molar-refractivity contribution is 5.95. The minimum Gasteiger partial charge on any atom is -0.497 e. The van der Waals surface area contributed by atoms with E-state index < -0.39 is 0 Å². The van der Waals surface area contributed by atoms with Gasteiger partial charge in [0.15, 0.2) is 0 Å². The van der Waals surface area contributed by atoms with E-state index in [0.717, 1.165) is 16.9 Å². The molecule has 0 N–H and O–H groups in total. The molecule has 0 aliphatic carbocycles. The van der Waals surface area contributed by atoms with Crippen LogP contribution in [-0.2, 0) is 18.0 Å². The van der Waals surface area contributed by atoms with Gasteiger partial charge in [-0.3, -0.25) is 9.63 Å². The van der Waals surface area contributed by atoms with Crippen molar-refractivity contribution in [1.82, 2.24) is 5.06 Å². The summed E-state index contributed by atoms with van der Waals surface area (Å²) >= 11 is 0. The monoisotopic (exact) mass is 269 g/mol. The van der Waals surface area contributed by atoms with Crippen molar-refractivity contribution in [2.24, 2.45) is 0 Å². The molecular weight excluding hydrogens is 254 g/mol. The number of carbonyl (C=O) groups excluding carboxylic acids is 1. The van der Waals surface area contributed by atoms with Crippen LogP contribution in [0.3, 0.4) is 0 Å². The van der Waals surface area contributed by atoms with Crippen LogP contribution < -0.4 is 4.74 Å². The highest BCUT2D eigenvalue weighted by Crippen LogP contribution is 2.22. The number of ether oxygens (including phenoxy) is 1. The molecule has 0 fully saturated rings. The molecule has 4 heteroatoms. The van der Waals surface area contributed by atoms with E-state index in [1.807, 2.05) is 48.5 Å². The molecule has 0 unspecified atom stereocenters. The Morgan fingerprint density at radius 2 is 1.90 bits per heavy atom. The molecule has 1 amide bonds. The van der Waals surface area contributed by atoms with Gasteiger partial charge in [-0.1, -0.05) is 30.3 Å². The molecular formula is C16H15NO3. The lowest BCUT2D eigenvalue weighted by molar-refractivity contribution is -0.146. The van der Waals surface area contributed by atoms with Gasteiger partial charge in [-0.05, 0) is 29.3 Å². The van der Waals surface area contributed by atoms with Crippen LogP contribution in [0.5, 0.6) is 5.75 Å². The number of amides is 1. The number of carbonyl (C=O) groups is 1. The summed E-state index contributed by atoms with van der Waals surface area (Å²) < 4.78 is 5.11. The molecule has 4 nitrogen and oxygen atoms in total. The fraction of sp³-hybridized carbons (Fsp3) is 0.188. The van der Waals surface area contributed by atoms with Crippen molar-refractivity contribution < 1.29 is 14.4 Å². The van der Waals surface area contributed by atoms with Crippen LogP contribution in [-0.4, -0.2) is 18.1 Å². The molecule has 3 rings (SSSR count). The Kier molecular flexibility index (Phi) is 3.39. The second-order valence-corrected chi connectivity index (χ2v) is 4.62. The zero-order chi connectivity index (χ0) is 13.9. The molecule has 2 aromatic carbocycles. The van der Waals surface area contributed by atoms with Crippen molar-refractivity contribution in [1.29, 1.82) is 0 Å². The van der Waals surface area contributed by atoms with Crippen LogP contribution in [0, 0.1) is 0 Å². The Hall–Kier alpha value is -2.33. The first kappa shape index (κ1) is 12.7. The van der Waals surface area contributed by atoms with Crippen molar-refractivity contribution in [3.8, 4) is 5.75 Å². The van der Waals surface area contributed by atoms with Gasteiger partial charge in [0, 0.05) is 5.56 Å². The van der Waals surface area contributed by atoms with E-state index in [0.29, 0.717) is 18.7 Å². The van der Waals surface area contributed by atoms with Gasteiger partial charge >= 0.3 is 0 Å². The largest absolute Gasteiger partial charge is 0.497 e. The summed E-state index contributed by atoms with van der Waals surface area (Å²) in [5.41, 5.74) is 2.65. The van der Waals surface area contributed by atoms with Crippen LogP contribution in [0.15, 0.2) is 48.5 Å². The van der Waals surface area contributed by atoms with Gasteiger partial charge in [0.05, 0.1) is 13.7 Å². The topological polar surface area (TPSA) is 38.8 Å². The average Bonchev–Trinajstić information content (AvgIpc) is 2.51. The minimum absolute atomic E-state index is 0.0948. The first-order valence-corrected chi connectivity index (χ1v) is 6.43. The second kappa shape index (κ2) is 5.35. The summed E-state index contributed by atoms with van der Waals surface area (Å²) in [7, 11) is 1.63. The summed E-state index contributed by atoms with van der Waals surface area (Å²) in [5, 5.41) is 1.41. The van der Waals surface area contributed by atoms with Crippen LogP contribution in [0.25, 0.3) is 0 Å². The highest BCUT2D eigenvalue weighted by atomic mass is 16.7. The number of rotatable bonds is 3. The fourth-order valence-electron chi connectivity index (χ4n) is 2.21. The van der Waals surface area contributed by atoms with Crippen LogP contribution in [0.1, 0.15) is 21.5 Å². The van der Waals surface area contributed by atoms with E-state index in [-0.39, 0.29) is 5.91 Å². The van der Waals surface area contributed by atoms with E-state index in [9.17, 15) is 4.79 Å². The lowest BCUT2D eigenvalue weighted by Gasteiger charge is -2.27. The Labute approximate surface area is 117 Å². The van der Waals surface area contributed by atoms with Gasteiger partial charge in [0.1, 0.15) is 12.4 Å². The predicted octanol–water partition coefficient (Wildman–Crippen LogP) is 2.78. The van der Waals surface area contributed by atoms with E-state index in [1.54, 1.807) is 7.11 Å². The van der Waals surface area contributed by atoms with Crippen LogP contribution >= 0.6 is 0 Å². The molecule has 2 aromatic rings. The van der Waals surface area contributed by atoms with Crippen molar-refractivity contribution in [2.75, 3.05) is 7.11 Å². The van der Waals surface area contributed by atoms with Crippen molar-refractivity contribution in [2.45, 2.75) is 13.2 Å². The van der Waals surface area contributed by atoms with Gasteiger partial charge in [-0.25, -0.2) is 5.06 Å². The molecule has 0 aromatic heterocycles. The number of hydroxylamine groups is 2. The third-order valence-electron chi connectivity index (χ3n) is 3.34. The molecule has 0 saturated carbocycles. The second-order valence-electron chi connectivity index (χ2n) is 4.62. The number of nitrogens with zero attached hydrogens (tertiary/aromatic N) is 1. The highest BCUT2D eigenvalue weighted by Gasteiger charge is 2.24. The molecule has 102 valence electrons. The van der Waals surface area contributed by atoms with Crippen LogP contribution in [0.4, 0.5) is 0 Å². The van der Waals surface area contributed by atoms with Gasteiger partial charge in [-0.15, -0.1) is 0 Å². The molecule has 20 heavy (non-hydrogen) atoms. The zero-order valence-corrected chi connectivity index (χ0v) is 11.2. The van der Waals surface area contributed by atoms with Gasteiger partial charge in [0.25, 0.3) is 5.91 Å². The molecule has 1 aliphatic rings. The Balaban J connectivity index is 1.77. The summed E-state index contributed by atoms with van der Waals surface area (Å²) in [5.74, 6) is 0.702. The Morgan fingerprint density at radius 1 is 1.15 bits per heavy atom. The maximum absolute atomic E-state index is 12.3. The number of hydrogen-bond donors (Lipinski definition) is 0. The number of hydrogen-bond acceptors (Lipinski definition) is 3. The van der Waals surface area contributed by atoms with E-state index in [1.165, 1.54) is 5.06 Å². The molecule has 0 saturated heterocycles. The maximum atomic E-state index is 12.3. The quantitative estimate of drug-likeness (QED) is 0.860. The standard InChI is InChI=1S/C16H15NO3/c1-19-14-8-6-12(7-9-14)10-17-16(18)15-5-3-2-4-13(15)11-20-17/h2-9H,10-11H2,1H3. The summed E-state index contributed by atoms with van der Waals surface area (Å²) in [6, 6.07) is 15.1. The number of benzene rings is 2. The SMILES string of the molecule is COc1ccc(CN2OCc3ccccc3C2=O)cc1. The Morgan fingerprint density at radius 3 is 2.65 bits per heavy atom. The number of methoxy groups -OCH3 is 1. The summed E-state index contributed by atoms with van der Waals surface area (Å²) in [6.07, 6.45) is 0. The molecule has 0 spiro atoms. The van der Waals surface area contributed by atoms with E-state index in [4.69, 9.17) is 9.57 Å². The molecule has 0 radical (unpaired) electrons. The van der Waals surface area contributed by atoms with E-state index in [2.05, 4.69) is 0 Å². The smallest absolute Gasteiger partial charge is 0.278 e. The summed E-state index contributed by atoms with van der Waals surface area (Å²) in [6.45, 7) is 0.856. The summed E-state index contributed by atoms with van der Waals surface area (Å²) in [4.78, 5) is 17.9. The average molecular weight is 269 g/mol. The van der Waals surface area contributed by atoms with Crippen molar-refractivity contribution in [3.05, 3.63) is 65.2 Å². The van der Waals surface area contributed by atoms with E-state index >= 15 is 0 Å². The Bertz CT molecular complexity index is 622. The zero-order valence-electron chi connectivity index (χ0n) is 11.2. The third-order valence-corrected chi connectivity index (χ3v) is 3.34. The normalized spacial score (nSPS) is 14.1.